The van der Waals surface area contributed by atoms with Gasteiger partial charge >= 0.3 is 0 Å². The largest absolute Gasteiger partial charge is 0.385 e. The Bertz CT molecular complexity index is 333. The second kappa shape index (κ2) is 3.93. The summed E-state index contributed by atoms with van der Waals surface area (Å²) in [6.45, 7) is 1.86. The summed E-state index contributed by atoms with van der Waals surface area (Å²) in [6, 6.07) is 4.86. The summed E-state index contributed by atoms with van der Waals surface area (Å²) >= 11 is 0. The van der Waals surface area contributed by atoms with Crippen LogP contribution in [0.2, 0.25) is 0 Å². The van der Waals surface area contributed by atoms with Gasteiger partial charge in [-0.15, -0.1) is 0 Å². The molecular weight excluding hydrogens is 191 g/mol. The number of halogens is 1. The number of hydrogen-bond acceptors (Lipinski definition) is 1. The highest BCUT2D eigenvalue weighted by atomic mass is 19.1. The number of rotatable bonds is 1. The van der Waals surface area contributed by atoms with Gasteiger partial charge in [-0.1, -0.05) is 25.3 Å². The van der Waals surface area contributed by atoms with Crippen molar-refractivity contribution in [3.05, 3.63) is 35.1 Å². The zero-order valence-corrected chi connectivity index (χ0v) is 9.09. The van der Waals surface area contributed by atoms with Crippen molar-refractivity contribution in [2.24, 2.45) is 0 Å². The highest BCUT2D eigenvalue weighted by molar-refractivity contribution is 5.28. The lowest BCUT2D eigenvalue weighted by Crippen LogP contribution is -2.28. The Morgan fingerprint density at radius 2 is 1.80 bits per heavy atom. The third kappa shape index (κ3) is 2.20. The van der Waals surface area contributed by atoms with Gasteiger partial charge in [0.15, 0.2) is 0 Å². The maximum Gasteiger partial charge on any atom is 0.123 e. The molecule has 2 rings (SSSR count). The number of hydrogen-bond donors (Lipinski definition) is 1. The summed E-state index contributed by atoms with van der Waals surface area (Å²) in [6.07, 6.45) is 4.76. The molecule has 0 spiro atoms. The minimum atomic E-state index is -0.787. The van der Waals surface area contributed by atoms with E-state index >= 15 is 0 Å². The third-order valence-electron chi connectivity index (χ3n) is 3.26. The molecule has 0 saturated heterocycles. The lowest BCUT2D eigenvalue weighted by Gasteiger charge is -2.32. The highest BCUT2D eigenvalue weighted by Crippen LogP contribution is 2.37. The van der Waals surface area contributed by atoms with Crippen molar-refractivity contribution in [1.82, 2.24) is 0 Å². The van der Waals surface area contributed by atoms with Crippen molar-refractivity contribution < 1.29 is 9.50 Å². The fourth-order valence-corrected chi connectivity index (χ4v) is 2.43. The van der Waals surface area contributed by atoms with Crippen LogP contribution < -0.4 is 0 Å². The normalized spacial score (nSPS) is 20.2. The van der Waals surface area contributed by atoms with Crippen molar-refractivity contribution >= 4 is 0 Å². The molecule has 1 aliphatic carbocycles. The van der Waals surface area contributed by atoms with E-state index < -0.39 is 5.60 Å². The van der Waals surface area contributed by atoms with Gasteiger partial charge in [0.25, 0.3) is 0 Å². The van der Waals surface area contributed by atoms with Crippen LogP contribution in [0.3, 0.4) is 0 Å². The molecule has 1 N–H and O–H groups in total. The molecule has 15 heavy (non-hydrogen) atoms. The van der Waals surface area contributed by atoms with E-state index in [1.54, 1.807) is 0 Å². The van der Waals surface area contributed by atoms with Crippen molar-refractivity contribution in [1.29, 1.82) is 0 Å². The predicted molar refractivity (Wildman–Crippen MR) is 58.1 cm³/mol. The molecule has 1 aromatic carbocycles. The molecule has 1 nitrogen and oxygen atoms in total. The fraction of sp³-hybridized carbons (Fsp3) is 0.538. The molecule has 0 amide bonds. The van der Waals surface area contributed by atoms with Crippen molar-refractivity contribution in [2.75, 3.05) is 0 Å². The lowest BCUT2D eigenvalue weighted by atomic mass is 9.79. The van der Waals surface area contributed by atoms with Gasteiger partial charge < -0.3 is 5.11 Å². The minimum Gasteiger partial charge on any atom is -0.385 e. The van der Waals surface area contributed by atoms with Gasteiger partial charge in [-0.25, -0.2) is 4.39 Å². The average Bonchev–Trinajstić information content (AvgIpc) is 2.17. The van der Waals surface area contributed by atoms with Crippen LogP contribution in [-0.4, -0.2) is 5.11 Å². The summed E-state index contributed by atoms with van der Waals surface area (Å²) < 4.78 is 13.2. The molecule has 0 aromatic heterocycles. The zero-order valence-electron chi connectivity index (χ0n) is 9.09. The first-order chi connectivity index (χ1) is 7.10. The Hall–Kier alpha value is -0.890. The molecule has 0 unspecified atom stereocenters. The van der Waals surface area contributed by atoms with Crippen LogP contribution in [0.15, 0.2) is 18.2 Å². The Morgan fingerprint density at radius 1 is 1.13 bits per heavy atom. The van der Waals surface area contributed by atoms with Gasteiger partial charge in [-0.2, -0.15) is 0 Å². The van der Waals surface area contributed by atoms with Gasteiger partial charge in [0.2, 0.25) is 0 Å². The molecule has 1 fully saturated rings. The Labute approximate surface area is 89.9 Å². The first-order valence-corrected chi connectivity index (χ1v) is 5.60. The maximum atomic E-state index is 13.2. The van der Waals surface area contributed by atoms with E-state index in [1.807, 2.05) is 13.0 Å². The Kier molecular flexibility index (Phi) is 2.79. The van der Waals surface area contributed by atoms with Crippen LogP contribution in [0, 0.1) is 12.7 Å². The van der Waals surface area contributed by atoms with Crippen LogP contribution in [0.25, 0.3) is 0 Å². The van der Waals surface area contributed by atoms with Crippen LogP contribution in [0.1, 0.15) is 43.2 Å². The Balaban J connectivity index is 2.34. The molecule has 0 radical (unpaired) electrons. The molecule has 82 valence electrons. The first kappa shape index (κ1) is 10.6. The van der Waals surface area contributed by atoms with E-state index in [4.69, 9.17) is 0 Å². The summed E-state index contributed by atoms with van der Waals surface area (Å²) in [5, 5.41) is 10.4. The topological polar surface area (TPSA) is 20.2 Å². The average molecular weight is 208 g/mol. The van der Waals surface area contributed by atoms with Crippen LogP contribution in [0.5, 0.6) is 0 Å². The van der Waals surface area contributed by atoms with Gasteiger partial charge in [-0.05, 0) is 43.0 Å². The molecule has 0 aliphatic heterocycles. The van der Waals surface area contributed by atoms with Gasteiger partial charge in [-0.3, -0.25) is 0 Å². The van der Waals surface area contributed by atoms with Gasteiger partial charge in [0.1, 0.15) is 5.82 Å². The molecule has 1 saturated carbocycles. The third-order valence-corrected chi connectivity index (χ3v) is 3.26. The Morgan fingerprint density at radius 3 is 2.40 bits per heavy atom. The second-order valence-corrected chi connectivity index (χ2v) is 4.61. The van der Waals surface area contributed by atoms with Gasteiger partial charge in [0, 0.05) is 0 Å². The highest BCUT2D eigenvalue weighted by Gasteiger charge is 2.31. The first-order valence-electron chi connectivity index (χ1n) is 5.60. The van der Waals surface area contributed by atoms with Crippen molar-refractivity contribution in [3.63, 3.8) is 0 Å². The van der Waals surface area contributed by atoms with E-state index in [1.165, 1.54) is 18.6 Å². The molecule has 2 heteroatoms. The van der Waals surface area contributed by atoms with E-state index in [0.29, 0.717) is 0 Å². The van der Waals surface area contributed by atoms with Gasteiger partial charge in [0.05, 0.1) is 5.60 Å². The quantitative estimate of drug-likeness (QED) is 0.750. The monoisotopic (exact) mass is 208 g/mol. The molecule has 0 heterocycles. The molecular formula is C13H17FO. The van der Waals surface area contributed by atoms with E-state index in [2.05, 4.69) is 0 Å². The fourth-order valence-electron chi connectivity index (χ4n) is 2.43. The zero-order chi connectivity index (χ0) is 10.9. The molecule has 1 aromatic rings. The number of benzene rings is 1. The van der Waals surface area contributed by atoms with E-state index in [-0.39, 0.29) is 5.82 Å². The number of aryl methyl sites for hydroxylation is 1. The van der Waals surface area contributed by atoms with E-state index in [9.17, 15) is 9.50 Å². The lowest BCUT2D eigenvalue weighted by molar-refractivity contribution is -0.000934. The van der Waals surface area contributed by atoms with Crippen LogP contribution in [0.4, 0.5) is 4.39 Å². The molecule has 1 aliphatic rings. The second-order valence-electron chi connectivity index (χ2n) is 4.61. The molecule has 0 bridgehead atoms. The van der Waals surface area contributed by atoms with Crippen LogP contribution in [-0.2, 0) is 5.60 Å². The van der Waals surface area contributed by atoms with E-state index in [0.717, 1.165) is 36.8 Å². The summed E-state index contributed by atoms with van der Waals surface area (Å²) in [7, 11) is 0. The summed E-state index contributed by atoms with van der Waals surface area (Å²) in [4.78, 5) is 0. The predicted octanol–water partition coefficient (Wildman–Crippen LogP) is 3.29. The number of aliphatic hydroxyl groups is 1. The molecule has 0 atom stereocenters. The van der Waals surface area contributed by atoms with Crippen molar-refractivity contribution in [2.45, 2.75) is 44.6 Å². The summed E-state index contributed by atoms with van der Waals surface area (Å²) in [5.74, 6) is -0.246. The minimum absolute atomic E-state index is 0.246. The van der Waals surface area contributed by atoms with Crippen LogP contribution >= 0.6 is 0 Å². The smallest absolute Gasteiger partial charge is 0.123 e. The summed E-state index contributed by atoms with van der Waals surface area (Å²) in [5.41, 5.74) is 0.842. The van der Waals surface area contributed by atoms with Crippen molar-refractivity contribution in [3.8, 4) is 0 Å². The maximum absolute atomic E-state index is 13.2. The standard InChI is InChI=1S/C13H17FO/c1-10-7-11(9-12(14)8-10)13(15)5-3-2-4-6-13/h7-9,15H,2-6H2,1H3. The SMILES string of the molecule is Cc1cc(F)cc(C2(O)CCCCC2)c1.